The van der Waals surface area contributed by atoms with Crippen LogP contribution in [0.3, 0.4) is 0 Å². The number of amides is 3. The molecule has 0 fully saturated rings. The van der Waals surface area contributed by atoms with Crippen LogP contribution in [0, 0.1) is 0 Å². The Bertz CT molecular complexity index is 698. The van der Waals surface area contributed by atoms with E-state index in [9.17, 15) is 14.4 Å². The van der Waals surface area contributed by atoms with Gasteiger partial charge in [0.15, 0.2) is 0 Å². The van der Waals surface area contributed by atoms with E-state index in [1.807, 2.05) is 35.0 Å². The Balaban J connectivity index is 1.85. The fraction of sp³-hybridized carbons (Fsp3) is 0.188. The number of thiophene rings is 1. The smallest absolute Gasteiger partial charge is 0.243 e. The second-order valence-electron chi connectivity index (χ2n) is 4.83. The molecule has 0 bridgehead atoms. The molecule has 1 aromatic heterocycles. The number of carbonyl (C=O) groups excluding carboxylic acids is 3. The molecule has 0 aliphatic heterocycles. The van der Waals surface area contributed by atoms with Gasteiger partial charge in [0, 0.05) is 12.6 Å². The van der Waals surface area contributed by atoms with Crippen molar-refractivity contribution in [2.24, 2.45) is 0 Å². The van der Waals surface area contributed by atoms with Crippen LogP contribution in [0.1, 0.15) is 6.92 Å². The predicted octanol–water partition coefficient (Wildman–Crippen LogP) is 1.61. The summed E-state index contributed by atoms with van der Waals surface area (Å²) in [5.41, 5.74) is 2.77. The lowest BCUT2D eigenvalue weighted by Gasteiger charge is -2.08. The summed E-state index contributed by atoms with van der Waals surface area (Å²) in [5.74, 6) is -1.04. The Hall–Kier alpha value is -2.67. The zero-order valence-electron chi connectivity index (χ0n) is 12.6. The minimum Gasteiger partial charge on any atom is -0.347 e. The van der Waals surface area contributed by atoms with Crippen molar-refractivity contribution in [3.63, 3.8) is 0 Å². The number of hydrogen-bond acceptors (Lipinski definition) is 4. The third kappa shape index (κ3) is 5.55. The fourth-order valence-electron chi connectivity index (χ4n) is 1.86. The third-order valence-corrected chi connectivity index (χ3v) is 3.63. The molecule has 1 heterocycles. The summed E-state index contributed by atoms with van der Waals surface area (Å²) in [7, 11) is 0. The highest BCUT2D eigenvalue weighted by molar-refractivity contribution is 7.08. The van der Waals surface area contributed by atoms with Crippen LogP contribution < -0.4 is 16.0 Å². The molecule has 0 saturated carbocycles. The van der Waals surface area contributed by atoms with Gasteiger partial charge in [-0.25, -0.2) is 0 Å². The van der Waals surface area contributed by atoms with Gasteiger partial charge in [-0.15, -0.1) is 0 Å². The van der Waals surface area contributed by atoms with Gasteiger partial charge in [-0.05, 0) is 40.1 Å². The van der Waals surface area contributed by atoms with Crippen LogP contribution in [0.25, 0.3) is 11.1 Å². The van der Waals surface area contributed by atoms with E-state index in [0.29, 0.717) is 5.69 Å². The minimum absolute atomic E-state index is 0.143. The average molecular weight is 331 g/mol. The maximum absolute atomic E-state index is 11.8. The molecule has 2 rings (SSSR count). The van der Waals surface area contributed by atoms with Gasteiger partial charge in [-0.2, -0.15) is 11.3 Å². The first kappa shape index (κ1) is 16.7. The lowest BCUT2D eigenvalue weighted by molar-refractivity contribution is -0.126. The van der Waals surface area contributed by atoms with E-state index in [-0.39, 0.29) is 24.9 Å². The van der Waals surface area contributed by atoms with E-state index in [4.69, 9.17) is 0 Å². The Labute approximate surface area is 137 Å². The van der Waals surface area contributed by atoms with Gasteiger partial charge in [0.1, 0.15) is 0 Å². The van der Waals surface area contributed by atoms with E-state index >= 15 is 0 Å². The molecule has 3 N–H and O–H groups in total. The summed E-state index contributed by atoms with van der Waals surface area (Å²) in [4.78, 5) is 33.9. The largest absolute Gasteiger partial charge is 0.347 e. The van der Waals surface area contributed by atoms with Crippen molar-refractivity contribution >= 4 is 34.7 Å². The summed E-state index contributed by atoms with van der Waals surface area (Å²) in [6.07, 6.45) is 0. The number of anilines is 1. The molecule has 7 heteroatoms. The Kier molecular flexibility index (Phi) is 5.87. The molecule has 120 valence electrons. The third-order valence-electron chi connectivity index (χ3n) is 2.94. The monoisotopic (exact) mass is 331 g/mol. The van der Waals surface area contributed by atoms with Gasteiger partial charge < -0.3 is 16.0 Å². The minimum atomic E-state index is -0.414. The number of nitrogens with one attached hydrogen (secondary N) is 3. The number of rotatable bonds is 6. The van der Waals surface area contributed by atoms with Crippen LogP contribution in [0.2, 0.25) is 0 Å². The fourth-order valence-corrected chi connectivity index (χ4v) is 2.52. The lowest BCUT2D eigenvalue weighted by atomic mass is 10.1. The first-order valence-corrected chi connectivity index (χ1v) is 7.92. The van der Waals surface area contributed by atoms with Crippen molar-refractivity contribution in [2.45, 2.75) is 6.92 Å². The summed E-state index contributed by atoms with van der Waals surface area (Å²) < 4.78 is 0. The van der Waals surface area contributed by atoms with Crippen LogP contribution in [-0.4, -0.2) is 30.8 Å². The Morgan fingerprint density at radius 1 is 1.00 bits per heavy atom. The molecule has 0 atom stereocenters. The zero-order chi connectivity index (χ0) is 16.7. The number of carbonyl (C=O) groups is 3. The predicted molar refractivity (Wildman–Crippen MR) is 90.1 cm³/mol. The lowest BCUT2D eigenvalue weighted by Crippen LogP contribution is -2.39. The first-order chi connectivity index (χ1) is 11.0. The van der Waals surface area contributed by atoms with Crippen molar-refractivity contribution in [3.05, 3.63) is 41.1 Å². The van der Waals surface area contributed by atoms with Gasteiger partial charge >= 0.3 is 0 Å². The van der Waals surface area contributed by atoms with Crippen molar-refractivity contribution < 1.29 is 14.4 Å². The van der Waals surface area contributed by atoms with Crippen LogP contribution >= 0.6 is 11.3 Å². The van der Waals surface area contributed by atoms with Gasteiger partial charge in [0.25, 0.3) is 0 Å². The summed E-state index contributed by atoms with van der Waals surface area (Å²) >= 11 is 1.61. The van der Waals surface area contributed by atoms with Crippen LogP contribution in [0.15, 0.2) is 41.1 Å². The van der Waals surface area contributed by atoms with Gasteiger partial charge in [0.2, 0.25) is 17.7 Å². The van der Waals surface area contributed by atoms with Crippen molar-refractivity contribution in [2.75, 3.05) is 18.4 Å². The summed E-state index contributed by atoms with van der Waals surface area (Å²) in [6, 6.07) is 9.49. The van der Waals surface area contributed by atoms with Gasteiger partial charge in [-0.3, -0.25) is 14.4 Å². The van der Waals surface area contributed by atoms with Crippen molar-refractivity contribution in [1.82, 2.24) is 10.6 Å². The van der Waals surface area contributed by atoms with Crippen LogP contribution in [-0.2, 0) is 14.4 Å². The van der Waals surface area contributed by atoms with E-state index in [0.717, 1.165) is 11.1 Å². The van der Waals surface area contributed by atoms with E-state index < -0.39 is 5.91 Å². The highest BCUT2D eigenvalue weighted by Crippen LogP contribution is 2.24. The molecule has 3 amide bonds. The van der Waals surface area contributed by atoms with E-state index in [2.05, 4.69) is 16.0 Å². The standard InChI is InChI=1S/C16H17N3O3S/c1-11(20)17-8-15(21)18-9-16(22)19-14-4-2-3-12(7-14)13-5-6-23-10-13/h2-7,10H,8-9H2,1H3,(H,17,20)(H,18,21)(H,19,22). The first-order valence-electron chi connectivity index (χ1n) is 6.98. The molecule has 6 nitrogen and oxygen atoms in total. The Morgan fingerprint density at radius 2 is 1.78 bits per heavy atom. The average Bonchev–Trinajstić information content (AvgIpc) is 3.05. The van der Waals surface area contributed by atoms with E-state index in [1.165, 1.54) is 6.92 Å². The molecule has 0 unspecified atom stereocenters. The molecule has 23 heavy (non-hydrogen) atoms. The topological polar surface area (TPSA) is 87.3 Å². The normalized spacial score (nSPS) is 9.96. The molecule has 1 aromatic carbocycles. The number of benzene rings is 1. The SMILES string of the molecule is CC(=O)NCC(=O)NCC(=O)Nc1cccc(-c2ccsc2)c1. The molecule has 0 aliphatic carbocycles. The van der Waals surface area contributed by atoms with E-state index in [1.54, 1.807) is 17.4 Å². The second kappa shape index (κ2) is 8.09. The van der Waals surface area contributed by atoms with Crippen LogP contribution in [0.5, 0.6) is 0 Å². The van der Waals surface area contributed by atoms with Gasteiger partial charge in [0.05, 0.1) is 13.1 Å². The summed E-state index contributed by atoms with van der Waals surface area (Å²) in [6.45, 7) is 1.03. The molecule has 2 aromatic rings. The molecular weight excluding hydrogens is 314 g/mol. The van der Waals surface area contributed by atoms with Crippen LogP contribution in [0.4, 0.5) is 5.69 Å². The van der Waals surface area contributed by atoms with Crippen molar-refractivity contribution in [1.29, 1.82) is 0 Å². The molecule has 0 saturated heterocycles. The summed E-state index contributed by atoms with van der Waals surface area (Å²) in [5, 5.41) is 11.5. The highest BCUT2D eigenvalue weighted by Gasteiger charge is 2.07. The second-order valence-corrected chi connectivity index (χ2v) is 5.61. The molecule has 0 spiro atoms. The number of hydrogen-bond donors (Lipinski definition) is 3. The maximum atomic E-state index is 11.8. The molecule has 0 radical (unpaired) electrons. The highest BCUT2D eigenvalue weighted by atomic mass is 32.1. The molecule has 0 aliphatic rings. The Morgan fingerprint density at radius 3 is 2.48 bits per heavy atom. The maximum Gasteiger partial charge on any atom is 0.243 e. The quantitative estimate of drug-likeness (QED) is 0.751. The zero-order valence-corrected chi connectivity index (χ0v) is 13.4. The van der Waals surface area contributed by atoms with Gasteiger partial charge in [-0.1, -0.05) is 12.1 Å². The van der Waals surface area contributed by atoms with Crippen molar-refractivity contribution in [3.8, 4) is 11.1 Å². The molecular formula is C16H17N3O3S.